The first-order valence-corrected chi connectivity index (χ1v) is 9.73. The van der Waals surface area contributed by atoms with Crippen molar-refractivity contribution in [2.45, 2.75) is 25.8 Å². The summed E-state index contributed by atoms with van der Waals surface area (Å²) in [5.41, 5.74) is 0.544. The van der Waals surface area contributed by atoms with E-state index in [1.807, 2.05) is 6.07 Å². The lowest BCUT2D eigenvalue weighted by Crippen LogP contribution is -2.48. The van der Waals surface area contributed by atoms with E-state index in [2.05, 4.69) is 10.3 Å². The molecule has 9 nitrogen and oxygen atoms in total. The van der Waals surface area contributed by atoms with E-state index in [-0.39, 0.29) is 18.0 Å². The Kier molecular flexibility index (Phi) is 6.67. The summed E-state index contributed by atoms with van der Waals surface area (Å²) in [6.07, 6.45) is 3.80. The van der Waals surface area contributed by atoms with Crippen LogP contribution in [0.1, 0.15) is 30.1 Å². The molecule has 0 spiro atoms. The van der Waals surface area contributed by atoms with Crippen LogP contribution >= 0.6 is 0 Å². The number of piperazine rings is 1. The number of ether oxygens (including phenoxy) is 1. The molecule has 3 rings (SSSR count). The zero-order valence-corrected chi connectivity index (χ0v) is 16.2. The molecule has 2 fully saturated rings. The van der Waals surface area contributed by atoms with E-state index in [4.69, 9.17) is 4.74 Å². The number of carbonyl (C=O) groups is 3. The van der Waals surface area contributed by atoms with Gasteiger partial charge in [-0.15, -0.1) is 0 Å². The summed E-state index contributed by atoms with van der Waals surface area (Å²) >= 11 is 0. The first-order chi connectivity index (χ1) is 13.6. The van der Waals surface area contributed by atoms with E-state index in [9.17, 15) is 14.4 Å². The van der Waals surface area contributed by atoms with Crippen LogP contribution in [0.15, 0.2) is 18.3 Å². The second-order valence-electron chi connectivity index (χ2n) is 6.97. The Morgan fingerprint density at radius 2 is 1.86 bits per heavy atom. The Bertz CT molecular complexity index is 680. The molecule has 1 N–H and O–H groups in total. The largest absolute Gasteiger partial charge is 0.450 e. The van der Waals surface area contributed by atoms with Crippen molar-refractivity contribution in [1.29, 1.82) is 0 Å². The lowest BCUT2D eigenvalue weighted by atomic mass is 10.1. The van der Waals surface area contributed by atoms with Gasteiger partial charge in [0.05, 0.1) is 12.2 Å². The number of carbonyl (C=O) groups excluding carboxylic acids is 3. The van der Waals surface area contributed by atoms with Crippen molar-refractivity contribution in [3.05, 3.63) is 23.9 Å². The Morgan fingerprint density at radius 1 is 1.14 bits per heavy atom. The van der Waals surface area contributed by atoms with Gasteiger partial charge in [-0.1, -0.05) is 0 Å². The van der Waals surface area contributed by atoms with Crippen LogP contribution in [0.4, 0.5) is 10.6 Å². The Labute approximate surface area is 164 Å². The molecule has 0 radical (unpaired) electrons. The van der Waals surface area contributed by atoms with Gasteiger partial charge in [-0.25, -0.2) is 9.78 Å². The minimum Gasteiger partial charge on any atom is -0.450 e. The van der Waals surface area contributed by atoms with Gasteiger partial charge in [-0.05, 0) is 31.9 Å². The van der Waals surface area contributed by atoms with Crippen LogP contribution in [0.25, 0.3) is 0 Å². The molecule has 3 amide bonds. The molecule has 2 saturated heterocycles. The van der Waals surface area contributed by atoms with E-state index in [0.29, 0.717) is 51.4 Å². The molecule has 152 valence electrons. The molecule has 0 saturated carbocycles. The number of amides is 3. The molecular formula is C19H27N5O4. The van der Waals surface area contributed by atoms with Crippen LogP contribution in [0, 0.1) is 0 Å². The molecule has 0 atom stereocenters. The molecular weight excluding hydrogens is 362 g/mol. The third-order valence-electron chi connectivity index (χ3n) is 5.13. The van der Waals surface area contributed by atoms with E-state index in [1.54, 1.807) is 33.9 Å². The predicted molar refractivity (Wildman–Crippen MR) is 103 cm³/mol. The lowest BCUT2D eigenvalue weighted by Gasteiger charge is -2.32. The average molecular weight is 389 g/mol. The maximum Gasteiger partial charge on any atom is 0.409 e. The topological polar surface area (TPSA) is 95.1 Å². The zero-order valence-electron chi connectivity index (χ0n) is 16.2. The number of nitrogens with one attached hydrogen (secondary N) is 1. The van der Waals surface area contributed by atoms with Crippen molar-refractivity contribution in [2.24, 2.45) is 0 Å². The van der Waals surface area contributed by atoms with Crippen molar-refractivity contribution in [2.75, 3.05) is 51.2 Å². The van der Waals surface area contributed by atoms with E-state index in [0.717, 1.165) is 25.1 Å². The SMILES string of the molecule is CCOC(=O)N1CCC(Nc2ccc(C(=O)N3CCN(C=O)CC3)cn2)CC1. The van der Waals surface area contributed by atoms with Crippen molar-refractivity contribution >= 4 is 24.2 Å². The lowest BCUT2D eigenvalue weighted by molar-refractivity contribution is -0.119. The molecule has 0 aromatic carbocycles. The van der Waals surface area contributed by atoms with Gasteiger partial charge in [-0.2, -0.15) is 0 Å². The standard InChI is InChI=1S/C19H27N5O4/c1-2-28-19(27)24-7-5-16(6-8-24)21-17-4-3-15(13-20-17)18(26)23-11-9-22(14-25)10-12-23/h3-4,13-14,16H,2,5-12H2,1H3,(H,20,21). The van der Waals surface area contributed by atoms with Crippen LogP contribution in [0.2, 0.25) is 0 Å². The summed E-state index contributed by atoms with van der Waals surface area (Å²) in [5, 5.41) is 3.37. The van der Waals surface area contributed by atoms with Gasteiger partial charge >= 0.3 is 6.09 Å². The Hall–Kier alpha value is -2.84. The van der Waals surface area contributed by atoms with Crippen LogP contribution in [0.3, 0.4) is 0 Å². The van der Waals surface area contributed by atoms with E-state index < -0.39 is 0 Å². The molecule has 28 heavy (non-hydrogen) atoms. The summed E-state index contributed by atoms with van der Waals surface area (Å²) in [6.45, 7) is 5.70. The van der Waals surface area contributed by atoms with Gasteiger partial charge in [0.1, 0.15) is 5.82 Å². The molecule has 0 aliphatic carbocycles. The summed E-state index contributed by atoms with van der Waals surface area (Å²) in [5.74, 6) is 0.657. The number of pyridine rings is 1. The molecule has 9 heteroatoms. The van der Waals surface area contributed by atoms with Gasteiger partial charge in [0.15, 0.2) is 0 Å². The van der Waals surface area contributed by atoms with Crippen molar-refractivity contribution < 1.29 is 19.1 Å². The maximum absolute atomic E-state index is 12.6. The fourth-order valence-electron chi connectivity index (χ4n) is 3.45. The third kappa shape index (κ3) is 4.90. The Balaban J connectivity index is 1.48. The number of hydrogen-bond acceptors (Lipinski definition) is 6. The average Bonchev–Trinajstić information content (AvgIpc) is 2.74. The first-order valence-electron chi connectivity index (χ1n) is 9.73. The van der Waals surface area contributed by atoms with Crippen LogP contribution in [-0.4, -0.2) is 90.0 Å². The number of aromatic nitrogens is 1. The highest BCUT2D eigenvalue weighted by atomic mass is 16.6. The van der Waals surface area contributed by atoms with Gasteiger partial charge in [-0.3, -0.25) is 9.59 Å². The van der Waals surface area contributed by atoms with E-state index >= 15 is 0 Å². The summed E-state index contributed by atoms with van der Waals surface area (Å²) in [6, 6.07) is 3.82. The summed E-state index contributed by atoms with van der Waals surface area (Å²) in [7, 11) is 0. The molecule has 0 bridgehead atoms. The van der Waals surface area contributed by atoms with Crippen LogP contribution in [-0.2, 0) is 9.53 Å². The first kappa shape index (κ1) is 19.9. The van der Waals surface area contributed by atoms with E-state index in [1.165, 1.54) is 0 Å². The Morgan fingerprint density at radius 3 is 2.43 bits per heavy atom. The van der Waals surface area contributed by atoms with Gasteiger partial charge in [0.2, 0.25) is 6.41 Å². The number of anilines is 1. The fraction of sp³-hybridized carbons (Fsp3) is 0.579. The molecule has 1 aromatic rings. The highest BCUT2D eigenvalue weighted by Gasteiger charge is 2.24. The maximum atomic E-state index is 12.6. The van der Waals surface area contributed by atoms with Gasteiger partial charge in [0.25, 0.3) is 5.91 Å². The number of likely N-dealkylation sites (tertiary alicyclic amines) is 1. The van der Waals surface area contributed by atoms with Crippen molar-refractivity contribution in [3.8, 4) is 0 Å². The number of hydrogen-bond donors (Lipinski definition) is 1. The molecule has 3 heterocycles. The molecule has 2 aliphatic heterocycles. The predicted octanol–water partition coefficient (Wildman–Crippen LogP) is 1.03. The van der Waals surface area contributed by atoms with Crippen LogP contribution < -0.4 is 5.32 Å². The van der Waals surface area contributed by atoms with Crippen LogP contribution in [0.5, 0.6) is 0 Å². The second-order valence-corrected chi connectivity index (χ2v) is 6.97. The fourth-order valence-corrected chi connectivity index (χ4v) is 3.45. The van der Waals surface area contributed by atoms with Crippen molar-refractivity contribution in [1.82, 2.24) is 19.7 Å². The zero-order chi connectivity index (χ0) is 19.9. The minimum atomic E-state index is -0.254. The van der Waals surface area contributed by atoms with Gasteiger partial charge in [0, 0.05) is 51.5 Å². The monoisotopic (exact) mass is 389 g/mol. The smallest absolute Gasteiger partial charge is 0.409 e. The number of nitrogens with zero attached hydrogens (tertiary/aromatic N) is 4. The normalized spacial score (nSPS) is 18.0. The molecule has 1 aromatic heterocycles. The highest BCUT2D eigenvalue weighted by Crippen LogP contribution is 2.17. The molecule has 0 unspecified atom stereocenters. The second kappa shape index (κ2) is 9.38. The molecule has 2 aliphatic rings. The minimum absolute atomic E-state index is 0.0626. The summed E-state index contributed by atoms with van der Waals surface area (Å²) in [4.78, 5) is 44.6. The van der Waals surface area contributed by atoms with Gasteiger partial charge < -0.3 is 24.8 Å². The number of piperidine rings is 1. The van der Waals surface area contributed by atoms with Crippen molar-refractivity contribution in [3.63, 3.8) is 0 Å². The summed E-state index contributed by atoms with van der Waals surface area (Å²) < 4.78 is 5.03. The quantitative estimate of drug-likeness (QED) is 0.756. The third-order valence-corrected chi connectivity index (χ3v) is 5.13. The number of rotatable bonds is 5. The highest BCUT2D eigenvalue weighted by molar-refractivity contribution is 5.94.